The molecule has 0 aromatic carbocycles. The number of nitrogen functional groups attached to an aromatic ring is 1. The van der Waals surface area contributed by atoms with Gasteiger partial charge in [-0.3, -0.25) is 4.79 Å². The second-order valence-electron chi connectivity index (χ2n) is 8.73. The standard InChI is InChI=1S/C22H26N6O3/c1-22(12-31-13-22)11-28-5-2-14-8-17(15-9-24-21(23)25-10-15)27-19(18(14)20(28)29)26-16-3-6-30-7-4-16/h2,5,8-10,16H,3-4,6-7,11-13H2,1H3,(H,26,27)(H2,23,24,25). The van der Waals surface area contributed by atoms with Gasteiger partial charge in [0.1, 0.15) is 5.82 Å². The lowest BCUT2D eigenvalue weighted by atomic mass is 9.88. The van der Waals surface area contributed by atoms with Gasteiger partial charge in [-0.2, -0.15) is 0 Å². The normalized spacial score (nSPS) is 18.6. The van der Waals surface area contributed by atoms with E-state index >= 15 is 0 Å². The lowest BCUT2D eigenvalue weighted by Crippen LogP contribution is -2.45. The SMILES string of the molecule is CC1(Cn2ccc3cc(-c4cnc(N)nc4)nc(NC4CCOCC4)c3c2=O)COC1. The number of nitrogens with zero attached hydrogens (tertiary/aromatic N) is 4. The number of hydrogen-bond donors (Lipinski definition) is 2. The molecule has 31 heavy (non-hydrogen) atoms. The van der Waals surface area contributed by atoms with Gasteiger partial charge in [0.05, 0.1) is 24.3 Å². The summed E-state index contributed by atoms with van der Waals surface area (Å²) in [6.07, 6.45) is 6.89. The van der Waals surface area contributed by atoms with E-state index in [4.69, 9.17) is 20.2 Å². The molecule has 2 aliphatic rings. The van der Waals surface area contributed by atoms with Gasteiger partial charge in [-0.25, -0.2) is 15.0 Å². The van der Waals surface area contributed by atoms with Crippen LogP contribution >= 0.6 is 0 Å². The van der Waals surface area contributed by atoms with Gasteiger partial charge in [0.2, 0.25) is 5.95 Å². The van der Waals surface area contributed by atoms with Gasteiger partial charge in [0, 0.05) is 55.4 Å². The summed E-state index contributed by atoms with van der Waals surface area (Å²) in [6.45, 7) is 5.48. The maximum absolute atomic E-state index is 13.5. The van der Waals surface area contributed by atoms with Crippen molar-refractivity contribution in [1.82, 2.24) is 19.5 Å². The maximum atomic E-state index is 13.5. The predicted molar refractivity (Wildman–Crippen MR) is 118 cm³/mol. The Morgan fingerprint density at radius 1 is 1.23 bits per heavy atom. The summed E-state index contributed by atoms with van der Waals surface area (Å²) in [4.78, 5) is 26.5. The smallest absolute Gasteiger partial charge is 0.262 e. The van der Waals surface area contributed by atoms with Crippen LogP contribution in [0.4, 0.5) is 11.8 Å². The minimum atomic E-state index is -0.0483. The fraction of sp³-hybridized carbons (Fsp3) is 0.455. The summed E-state index contributed by atoms with van der Waals surface area (Å²) < 4.78 is 12.6. The van der Waals surface area contributed by atoms with Gasteiger partial charge in [-0.1, -0.05) is 6.92 Å². The van der Waals surface area contributed by atoms with E-state index < -0.39 is 0 Å². The molecular formula is C22H26N6O3. The first kappa shape index (κ1) is 19.9. The van der Waals surface area contributed by atoms with E-state index in [1.807, 2.05) is 18.3 Å². The lowest BCUT2D eigenvalue weighted by molar-refractivity contribution is -0.110. The maximum Gasteiger partial charge on any atom is 0.262 e. The molecule has 9 nitrogen and oxygen atoms in total. The van der Waals surface area contributed by atoms with E-state index in [9.17, 15) is 4.79 Å². The topological polar surface area (TPSA) is 117 Å². The highest BCUT2D eigenvalue weighted by atomic mass is 16.5. The Bertz CT molecular complexity index is 1150. The Hall–Kier alpha value is -3.04. The number of anilines is 2. The number of fused-ring (bicyclic) bond motifs is 1. The minimum Gasteiger partial charge on any atom is -0.381 e. The molecule has 5 rings (SSSR count). The van der Waals surface area contributed by atoms with Crippen LogP contribution in [0.25, 0.3) is 22.0 Å². The number of rotatable bonds is 5. The van der Waals surface area contributed by atoms with Crippen molar-refractivity contribution in [3.63, 3.8) is 0 Å². The van der Waals surface area contributed by atoms with Gasteiger partial charge in [-0.05, 0) is 30.4 Å². The molecule has 0 spiro atoms. The van der Waals surface area contributed by atoms with E-state index in [2.05, 4.69) is 22.2 Å². The minimum absolute atomic E-state index is 0.0134. The molecule has 162 valence electrons. The fourth-order valence-corrected chi connectivity index (χ4v) is 4.14. The molecule has 0 radical (unpaired) electrons. The molecule has 0 aliphatic carbocycles. The molecule has 3 aromatic heterocycles. The molecule has 0 saturated carbocycles. The fourth-order valence-electron chi connectivity index (χ4n) is 4.14. The molecule has 5 heterocycles. The lowest BCUT2D eigenvalue weighted by Gasteiger charge is -2.38. The third-order valence-corrected chi connectivity index (χ3v) is 5.94. The van der Waals surface area contributed by atoms with Crippen LogP contribution in [0.5, 0.6) is 0 Å². The third kappa shape index (κ3) is 3.98. The van der Waals surface area contributed by atoms with Crippen LogP contribution in [0.15, 0.2) is 35.5 Å². The summed E-state index contributed by atoms with van der Waals surface area (Å²) in [5, 5.41) is 4.93. The zero-order chi connectivity index (χ0) is 21.4. The van der Waals surface area contributed by atoms with Crippen LogP contribution in [0, 0.1) is 5.41 Å². The average molecular weight is 422 g/mol. The molecule has 0 bridgehead atoms. The monoisotopic (exact) mass is 422 g/mol. The Morgan fingerprint density at radius 2 is 1.97 bits per heavy atom. The highest BCUT2D eigenvalue weighted by Gasteiger charge is 2.34. The molecule has 3 N–H and O–H groups in total. The molecular weight excluding hydrogens is 396 g/mol. The Morgan fingerprint density at radius 3 is 2.65 bits per heavy atom. The third-order valence-electron chi connectivity index (χ3n) is 5.94. The van der Waals surface area contributed by atoms with Gasteiger partial charge in [-0.15, -0.1) is 0 Å². The van der Waals surface area contributed by atoms with Gasteiger partial charge < -0.3 is 25.1 Å². The number of aromatic nitrogens is 4. The van der Waals surface area contributed by atoms with Crippen molar-refractivity contribution in [2.75, 3.05) is 37.5 Å². The number of nitrogens with one attached hydrogen (secondary N) is 1. The quantitative estimate of drug-likeness (QED) is 0.642. The molecule has 2 saturated heterocycles. The summed E-state index contributed by atoms with van der Waals surface area (Å²) >= 11 is 0. The Kier molecular flexibility index (Phi) is 5.07. The summed E-state index contributed by atoms with van der Waals surface area (Å²) in [6, 6.07) is 4.07. The van der Waals surface area contributed by atoms with Crippen LogP contribution in [-0.2, 0) is 16.0 Å². The molecule has 0 amide bonds. The largest absolute Gasteiger partial charge is 0.381 e. The Labute approximate surface area is 179 Å². The van der Waals surface area contributed by atoms with Crippen molar-refractivity contribution in [2.24, 2.45) is 5.41 Å². The first-order valence-electron chi connectivity index (χ1n) is 10.5. The molecule has 3 aromatic rings. The van der Waals surface area contributed by atoms with Crippen molar-refractivity contribution in [3.05, 3.63) is 41.1 Å². The van der Waals surface area contributed by atoms with E-state index in [-0.39, 0.29) is 23.0 Å². The van der Waals surface area contributed by atoms with E-state index in [0.29, 0.717) is 49.9 Å². The molecule has 0 unspecified atom stereocenters. The van der Waals surface area contributed by atoms with E-state index in [1.165, 1.54) is 0 Å². The van der Waals surface area contributed by atoms with Crippen molar-refractivity contribution in [2.45, 2.75) is 32.4 Å². The number of ether oxygens (including phenoxy) is 2. The summed E-state index contributed by atoms with van der Waals surface area (Å²) in [5.74, 6) is 0.798. The average Bonchev–Trinajstić information content (AvgIpc) is 2.75. The molecule has 9 heteroatoms. The second-order valence-corrected chi connectivity index (χ2v) is 8.73. The van der Waals surface area contributed by atoms with Gasteiger partial charge >= 0.3 is 0 Å². The highest BCUT2D eigenvalue weighted by Crippen LogP contribution is 2.30. The molecule has 2 fully saturated rings. The van der Waals surface area contributed by atoms with Crippen LogP contribution in [0.3, 0.4) is 0 Å². The molecule has 0 atom stereocenters. The van der Waals surface area contributed by atoms with Crippen LogP contribution in [-0.4, -0.2) is 52.0 Å². The first-order chi connectivity index (χ1) is 15.0. The van der Waals surface area contributed by atoms with Crippen molar-refractivity contribution in [3.8, 4) is 11.3 Å². The van der Waals surface area contributed by atoms with Gasteiger partial charge in [0.25, 0.3) is 5.56 Å². The van der Waals surface area contributed by atoms with Crippen molar-refractivity contribution in [1.29, 1.82) is 0 Å². The van der Waals surface area contributed by atoms with E-state index in [1.54, 1.807) is 17.0 Å². The number of nitrogens with two attached hydrogens (primary N) is 1. The van der Waals surface area contributed by atoms with Crippen LogP contribution in [0.1, 0.15) is 19.8 Å². The second kappa shape index (κ2) is 7.90. The van der Waals surface area contributed by atoms with E-state index in [0.717, 1.165) is 23.8 Å². The Balaban J connectivity index is 1.61. The van der Waals surface area contributed by atoms with Crippen molar-refractivity contribution >= 4 is 22.5 Å². The highest BCUT2D eigenvalue weighted by molar-refractivity contribution is 5.93. The number of hydrogen-bond acceptors (Lipinski definition) is 8. The summed E-state index contributed by atoms with van der Waals surface area (Å²) in [7, 11) is 0. The van der Waals surface area contributed by atoms with Crippen LogP contribution < -0.4 is 16.6 Å². The first-order valence-corrected chi connectivity index (χ1v) is 10.5. The molecule has 2 aliphatic heterocycles. The zero-order valence-corrected chi connectivity index (χ0v) is 17.5. The summed E-state index contributed by atoms with van der Waals surface area (Å²) in [5.41, 5.74) is 7.01. The number of pyridine rings is 2. The van der Waals surface area contributed by atoms with Crippen molar-refractivity contribution < 1.29 is 9.47 Å². The zero-order valence-electron chi connectivity index (χ0n) is 17.5. The predicted octanol–water partition coefficient (Wildman–Crippen LogP) is 2.06. The van der Waals surface area contributed by atoms with Crippen LogP contribution in [0.2, 0.25) is 0 Å². The van der Waals surface area contributed by atoms with Gasteiger partial charge in [0.15, 0.2) is 0 Å².